The quantitative estimate of drug-likeness (QED) is 0.327. The van der Waals surface area contributed by atoms with E-state index in [0.717, 1.165) is 11.1 Å². The number of aromatic hydroxyl groups is 1. The van der Waals surface area contributed by atoms with Crippen LogP contribution in [0.2, 0.25) is 5.02 Å². The van der Waals surface area contributed by atoms with E-state index in [1.54, 1.807) is 25.1 Å². The fourth-order valence-corrected chi connectivity index (χ4v) is 6.05. The van der Waals surface area contributed by atoms with Crippen LogP contribution >= 0.6 is 38.9 Å². The van der Waals surface area contributed by atoms with E-state index in [1.165, 1.54) is 15.9 Å². The van der Waals surface area contributed by atoms with Crippen molar-refractivity contribution in [3.05, 3.63) is 124 Å². The molecule has 0 aliphatic carbocycles. The van der Waals surface area contributed by atoms with Gasteiger partial charge in [0.25, 0.3) is 5.56 Å². The maximum atomic E-state index is 13.8. The summed E-state index contributed by atoms with van der Waals surface area (Å²) in [4.78, 5) is 32.5. The zero-order valence-electron chi connectivity index (χ0n) is 19.5. The zero-order valence-corrected chi connectivity index (χ0v) is 22.7. The molecule has 1 aliphatic rings. The van der Waals surface area contributed by atoms with Gasteiger partial charge in [-0.05, 0) is 30.7 Å². The average molecular weight is 596 g/mol. The van der Waals surface area contributed by atoms with Crippen LogP contribution in [0, 0.1) is 0 Å². The smallest absolute Gasteiger partial charge is 0.338 e. The maximum absolute atomic E-state index is 13.8. The molecule has 0 unspecified atom stereocenters. The Labute approximate surface area is 229 Å². The Balaban J connectivity index is 1.84. The van der Waals surface area contributed by atoms with Crippen LogP contribution in [0.3, 0.4) is 0 Å². The van der Waals surface area contributed by atoms with Gasteiger partial charge in [0, 0.05) is 15.6 Å². The predicted octanol–water partition coefficient (Wildman–Crippen LogP) is 5.06. The van der Waals surface area contributed by atoms with Crippen LogP contribution in [0.15, 0.2) is 92.6 Å². The minimum absolute atomic E-state index is 0.132. The molecule has 0 amide bonds. The van der Waals surface area contributed by atoms with Crippen molar-refractivity contribution in [1.82, 2.24) is 4.57 Å². The Morgan fingerprint density at radius 3 is 2.51 bits per heavy atom. The van der Waals surface area contributed by atoms with Gasteiger partial charge in [0.2, 0.25) is 0 Å². The summed E-state index contributed by atoms with van der Waals surface area (Å²) in [6.45, 7) is 1.92. The summed E-state index contributed by atoms with van der Waals surface area (Å²) in [5.41, 5.74) is 2.26. The number of hydrogen-bond acceptors (Lipinski definition) is 6. The first-order valence-electron chi connectivity index (χ1n) is 11.4. The SMILES string of the molecule is CCOC(=O)C1=C(c2ccccc2)N=c2s/c(=C\c3cc(Br)cc(Cl)c3O)c(=O)n2[C@H]1c1ccccc1. The van der Waals surface area contributed by atoms with E-state index in [2.05, 4.69) is 15.9 Å². The fraction of sp³-hybridized carbons (Fsp3) is 0.107. The van der Waals surface area contributed by atoms with E-state index in [1.807, 2.05) is 60.7 Å². The first-order valence-corrected chi connectivity index (χ1v) is 13.4. The monoisotopic (exact) mass is 594 g/mol. The molecule has 0 saturated heterocycles. The summed E-state index contributed by atoms with van der Waals surface area (Å²) >= 11 is 10.7. The molecule has 0 radical (unpaired) electrons. The number of ether oxygens (including phenoxy) is 1. The number of thiazole rings is 1. The van der Waals surface area contributed by atoms with Gasteiger partial charge in [0.05, 0.1) is 33.5 Å². The molecule has 186 valence electrons. The molecule has 1 N–H and O–H groups in total. The third-order valence-corrected chi connectivity index (χ3v) is 7.56. The second-order valence-electron chi connectivity index (χ2n) is 8.17. The molecular weight excluding hydrogens is 576 g/mol. The zero-order chi connectivity index (χ0) is 26.1. The highest BCUT2D eigenvalue weighted by Crippen LogP contribution is 2.35. The van der Waals surface area contributed by atoms with Crippen LogP contribution in [0.4, 0.5) is 0 Å². The van der Waals surface area contributed by atoms with Gasteiger partial charge >= 0.3 is 5.97 Å². The molecule has 0 bridgehead atoms. The molecule has 1 aromatic heterocycles. The van der Waals surface area contributed by atoms with E-state index in [4.69, 9.17) is 21.3 Å². The summed E-state index contributed by atoms with van der Waals surface area (Å²) < 4.78 is 7.96. The number of aromatic nitrogens is 1. The Kier molecular flexibility index (Phi) is 7.15. The Morgan fingerprint density at radius 1 is 1.16 bits per heavy atom. The third kappa shape index (κ3) is 4.80. The number of phenols is 1. The van der Waals surface area contributed by atoms with Crippen LogP contribution < -0.4 is 14.9 Å². The highest BCUT2D eigenvalue weighted by atomic mass is 79.9. The van der Waals surface area contributed by atoms with Gasteiger partial charge < -0.3 is 9.84 Å². The molecule has 3 aromatic carbocycles. The molecule has 0 saturated carbocycles. The van der Waals surface area contributed by atoms with E-state index >= 15 is 0 Å². The minimum atomic E-state index is -0.756. The van der Waals surface area contributed by atoms with Gasteiger partial charge in [-0.25, -0.2) is 9.79 Å². The van der Waals surface area contributed by atoms with Crippen molar-refractivity contribution in [3.8, 4) is 5.75 Å². The number of nitrogens with zero attached hydrogens (tertiary/aromatic N) is 2. The number of benzene rings is 3. The second-order valence-corrected chi connectivity index (χ2v) is 10.5. The van der Waals surface area contributed by atoms with Crippen molar-refractivity contribution >= 4 is 56.6 Å². The molecule has 9 heteroatoms. The molecule has 5 rings (SSSR count). The molecule has 1 aliphatic heterocycles. The van der Waals surface area contributed by atoms with Gasteiger partial charge in [-0.15, -0.1) is 0 Å². The standard InChI is InChI=1S/C28H20BrClN2O4S/c1-2-36-27(35)22-23(16-9-5-3-6-10-16)31-28-32(24(22)17-11-7-4-8-12-17)26(34)21(37-28)14-18-13-19(29)15-20(30)25(18)33/h3-15,24,33H,2H2,1H3/b21-14-/t24-/m0/s1. The molecule has 0 fully saturated rings. The molecule has 1 atom stereocenters. The molecule has 0 spiro atoms. The molecular formula is C28H20BrClN2O4S. The lowest BCUT2D eigenvalue weighted by Crippen LogP contribution is -2.40. The molecule has 2 heterocycles. The highest BCUT2D eigenvalue weighted by Gasteiger charge is 2.35. The van der Waals surface area contributed by atoms with Crippen LogP contribution in [0.25, 0.3) is 11.8 Å². The van der Waals surface area contributed by atoms with Gasteiger partial charge in [0.15, 0.2) is 4.80 Å². The predicted molar refractivity (Wildman–Crippen MR) is 148 cm³/mol. The van der Waals surface area contributed by atoms with Gasteiger partial charge in [-0.2, -0.15) is 0 Å². The number of fused-ring (bicyclic) bond motifs is 1. The van der Waals surface area contributed by atoms with Crippen molar-refractivity contribution in [1.29, 1.82) is 0 Å². The summed E-state index contributed by atoms with van der Waals surface area (Å²) in [6, 6.07) is 21.2. The molecule has 6 nitrogen and oxygen atoms in total. The lowest BCUT2D eigenvalue weighted by Gasteiger charge is -2.25. The van der Waals surface area contributed by atoms with Crippen molar-refractivity contribution in [2.45, 2.75) is 13.0 Å². The highest BCUT2D eigenvalue weighted by molar-refractivity contribution is 9.10. The number of halogens is 2. The van der Waals surface area contributed by atoms with Gasteiger partial charge in [-0.3, -0.25) is 9.36 Å². The minimum Gasteiger partial charge on any atom is -0.506 e. The number of esters is 1. The number of carbonyl (C=O) groups excluding carboxylic acids is 1. The normalized spacial score (nSPS) is 15.3. The molecule has 4 aromatic rings. The summed E-state index contributed by atoms with van der Waals surface area (Å²) in [5.74, 6) is -0.669. The third-order valence-electron chi connectivity index (χ3n) is 5.83. The van der Waals surface area contributed by atoms with Crippen LogP contribution in [0.5, 0.6) is 5.75 Å². The molecule has 37 heavy (non-hydrogen) atoms. The Morgan fingerprint density at radius 2 is 1.84 bits per heavy atom. The number of phenolic OH excluding ortho intramolecular Hbond substituents is 1. The first kappa shape index (κ1) is 25.2. The van der Waals surface area contributed by atoms with Crippen molar-refractivity contribution in [2.75, 3.05) is 6.61 Å². The summed E-state index contributed by atoms with van der Waals surface area (Å²) in [5, 5.41) is 10.6. The largest absolute Gasteiger partial charge is 0.506 e. The lowest BCUT2D eigenvalue weighted by atomic mass is 9.93. The van der Waals surface area contributed by atoms with Crippen LogP contribution in [-0.2, 0) is 9.53 Å². The number of hydrogen-bond donors (Lipinski definition) is 1. The van der Waals surface area contributed by atoms with Crippen molar-refractivity contribution < 1.29 is 14.6 Å². The fourth-order valence-electron chi connectivity index (χ4n) is 4.23. The number of rotatable bonds is 5. The van der Waals surface area contributed by atoms with Crippen molar-refractivity contribution in [3.63, 3.8) is 0 Å². The van der Waals surface area contributed by atoms with Crippen LogP contribution in [0.1, 0.15) is 29.7 Å². The van der Waals surface area contributed by atoms with Gasteiger partial charge in [-0.1, -0.05) is 99.5 Å². The second kappa shape index (κ2) is 10.5. The van der Waals surface area contributed by atoms with Crippen LogP contribution in [-0.4, -0.2) is 22.2 Å². The Hall–Kier alpha value is -3.46. The van der Waals surface area contributed by atoms with Gasteiger partial charge in [0.1, 0.15) is 5.75 Å². The topological polar surface area (TPSA) is 80.9 Å². The maximum Gasteiger partial charge on any atom is 0.338 e. The van der Waals surface area contributed by atoms with Crippen molar-refractivity contribution in [2.24, 2.45) is 4.99 Å². The lowest BCUT2D eigenvalue weighted by molar-refractivity contribution is -0.138. The summed E-state index contributed by atoms with van der Waals surface area (Å²) in [7, 11) is 0. The Bertz CT molecular complexity index is 1710. The van der Waals surface area contributed by atoms with E-state index in [9.17, 15) is 14.7 Å². The van der Waals surface area contributed by atoms with E-state index < -0.39 is 12.0 Å². The first-order chi connectivity index (χ1) is 17.9. The number of carbonyl (C=O) groups is 1. The van der Waals surface area contributed by atoms with E-state index in [-0.39, 0.29) is 28.5 Å². The average Bonchev–Trinajstić information content (AvgIpc) is 3.21. The summed E-state index contributed by atoms with van der Waals surface area (Å²) in [6.07, 6.45) is 1.58. The van der Waals surface area contributed by atoms with E-state index in [0.29, 0.717) is 25.1 Å².